The molecule has 0 radical (unpaired) electrons. The molecule has 2 heterocycles. The molecule has 0 aliphatic rings. The highest BCUT2D eigenvalue weighted by molar-refractivity contribution is 5.79. The summed E-state index contributed by atoms with van der Waals surface area (Å²) in [5.74, 6) is 1.30. The quantitative estimate of drug-likeness (QED) is 0.432. The van der Waals surface area contributed by atoms with Gasteiger partial charge in [-0.05, 0) is 17.7 Å². The van der Waals surface area contributed by atoms with Crippen molar-refractivity contribution in [2.24, 2.45) is 4.99 Å². The standard InChI is InChI=1S/C17H23N5O2/c1-18-17(22-13-15-5-3-4-8-19-15)21-12-14-6-7-16(20-11-14)24-10-9-23-2/h3-8,11H,9-10,12-13H2,1-2H3,(H2,18,21,22). The number of nitrogens with one attached hydrogen (secondary N) is 2. The first-order chi connectivity index (χ1) is 11.8. The van der Waals surface area contributed by atoms with Gasteiger partial charge in [0.05, 0.1) is 18.8 Å². The number of aliphatic imine (C=N–C) groups is 1. The predicted octanol–water partition coefficient (Wildman–Crippen LogP) is 1.37. The van der Waals surface area contributed by atoms with Crippen molar-refractivity contribution in [1.29, 1.82) is 0 Å². The van der Waals surface area contributed by atoms with Crippen LogP contribution in [0.4, 0.5) is 0 Å². The molecule has 24 heavy (non-hydrogen) atoms. The van der Waals surface area contributed by atoms with Crippen LogP contribution in [0.5, 0.6) is 5.88 Å². The van der Waals surface area contributed by atoms with Gasteiger partial charge in [-0.1, -0.05) is 12.1 Å². The van der Waals surface area contributed by atoms with Crippen LogP contribution in [0.25, 0.3) is 0 Å². The fourth-order valence-corrected chi connectivity index (χ4v) is 1.91. The third-order valence-electron chi connectivity index (χ3n) is 3.18. The van der Waals surface area contributed by atoms with Crippen LogP contribution in [0, 0.1) is 0 Å². The van der Waals surface area contributed by atoms with Crippen molar-refractivity contribution in [3.05, 3.63) is 54.0 Å². The van der Waals surface area contributed by atoms with Gasteiger partial charge >= 0.3 is 0 Å². The lowest BCUT2D eigenvalue weighted by atomic mass is 10.3. The number of guanidine groups is 1. The minimum atomic E-state index is 0.491. The van der Waals surface area contributed by atoms with Crippen LogP contribution < -0.4 is 15.4 Å². The Balaban J connectivity index is 1.76. The van der Waals surface area contributed by atoms with Gasteiger partial charge in [0.2, 0.25) is 5.88 Å². The predicted molar refractivity (Wildman–Crippen MR) is 92.9 cm³/mol. The molecule has 0 aliphatic heterocycles. The van der Waals surface area contributed by atoms with Gasteiger partial charge in [0, 0.05) is 39.2 Å². The van der Waals surface area contributed by atoms with E-state index in [2.05, 4.69) is 25.6 Å². The molecule has 0 saturated carbocycles. The topological polar surface area (TPSA) is 80.7 Å². The zero-order chi connectivity index (χ0) is 17.0. The monoisotopic (exact) mass is 329 g/mol. The molecule has 0 aromatic carbocycles. The largest absolute Gasteiger partial charge is 0.475 e. The number of aromatic nitrogens is 2. The van der Waals surface area contributed by atoms with Crippen molar-refractivity contribution in [2.75, 3.05) is 27.4 Å². The molecule has 0 atom stereocenters. The van der Waals surface area contributed by atoms with Crippen LogP contribution in [0.1, 0.15) is 11.3 Å². The van der Waals surface area contributed by atoms with E-state index >= 15 is 0 Å². The van der Waals surface area contributed by atoms with E-state index in [0.29, 0.717) is 38.1 Å². The first-order valence-corrected chi connectivity index (χ1v) is 7.73. The molecule has 2 aromatic rings. The number of methoxy groups -OCH3 is 1. The summed E-state index contributed by atoms with van der Waals surface area (Å²) in [5, 5.41) is 6.46. The van der Waals surface area contributed by atoms with Gasteiger partial charge < -0.3 is 20.1 Å². The van der Waals surface area contributed by atoms with Gasteiger partial charge in [-0.15, -0.1) is 0 Å². The average molecular weight is 329 g/mol. The van der Waals surface area contributed by atoms with Gasteiger partial charge in [0.1, 0.15) is 6.61 Å². The molecule has 0 unspecified atom stereocenters. The Morgan fingerprint density at radius 2 is 1.96 bits per heavy atom. The fourth-order valence-electron chi connectivity index (χ4n) is 1.91. The minimum absolute atomic E-state index is 0.491. The second-order valence-electron chi connectivity index (χ2n) is 4.95. The Hall–Kier alpha value is -2.67. The van der Waals surface area contributed by atoms with E-state index in [1.807, 2.05) is 30.3 Å². The van der Waals surface area contributed by atoms with Crippen molar-refractivity contribution in [1.82, 2.24) is 20.6 Å². The molecular formula is C17H23N5O2. The third kappa shape index (κ3) is 6.21. The number of rotatable bonds is 8. The lowest BCUT2D eigenvalue weighted by molar-refractivity contribution is 0.143. The number of hydrogen-bond donors (Lipinski definition) is 2. The highest BCUT2D eigenvalue weighted by Crippen LogP contribution is 2.07. The van der Waals surface area contributed by atoms with Gasteiger partial charge in [-0.25, -0.2) is 4.98 Å². The molecule has 128 valence electrons. The second-order valence-corrected chi connectivity index (χ2v) is 4.95. The van der Waals surface area contributed by atoms with E-state index in [1.54, 1.807) is 26.6 Å². The Labute approximate surface area is 142 Å². The maximum atomic E-state index is 5.44. The molecule has 7 heteroatoms. The van der Waals surface area contributed by atoms with Crippen molar-refractivity contribution in [3.8, 4) is 5.88 Å². The van der Waals surface area contributed by atoms with E-state index in [4.69, 9.17) is 9.47 Å². The van der Waals surface area contributed by atoms with E-state index in [-0.39, 0.29) is 0 Å². The van der Waals surface area contributed by atoms with Gasteiger partial charge in [0.25, 0.3) is 0 Å². The molecule has 2 rings (SSSR count). The number of hydrogen-bond acceptors (Lipinski definition) is 5. The van der Waals surface area contributed by atoms with Crippen molar-refractivity contribution >= 4 is 5.96 Å². The first kappa shape index (κ1) is 17.7. The zero-order valence-corrected chi connectivity index (χ0v) is 14.0. The summed E-state index contributed by atoms with van der Waals surface area (Å²) in [7, 11) is 3.37. The van der Waals surface area contributed by atoms with Crippen LogP contribution in [-0.4, -0.2) is 43.3 Å². The van der Waals surface area contributed by atoms with Crippen LogP contribution >= 0.6 is 0 Å². The van der Waals surface area contributed by atoms with Crippen LogP contribution in [0.3, 0.4) is 0 Å². The maximum absolute atomic E-state index is 5.44. The first-order valence-electron chi connectivity index (χ1n) is 7.73. The molecule has 2 N–H and O–H groups in total. The van der Waals surface area contributed by atoms with Gasteiger partial charge in [-0.2, -0.15) is 0 Å². The molecule has 0 saturated heterocycles. The SMILES string of the molecule is CN=C(NCc1ccc(OCCOC)nc1)NCc1ccccn1. The lowest BCUT2D eigenvalue weighted by Crippen LogP contribution is -2.36. The zero-order valence-electron chi connectivity index (χ0n) is 14.0. The summed E-state index contributed by atoms with van der Waals surface area (Å²) in [6, 6.07) is 9.63. The van der Waals surface area contributed by atoms with E-state index in [0.717, 1.165) is 11.3 Å². The molecule has 0 spiro atoms. The summed E-state index contributed by atoms with van der Waals surface area (Å²) in [6.07, 6.45) is 3.55. The number of pyridine rings is 2. The molecule has 7 nitrogen and oxygen atoms in total. The van der Waals surface area contributed by atoms with Crippen molar-refractivity contribution in [2.45, 2.75) is 13.1 Å². The molecule has 2 aromatic heterocycles. The summed E-state index contributed by atoms with van der Waals surface area (Å²) < 4.78 is 10.4. The minimum Gasteiger partial charge on any atom is -0.475 e. The van der Waals surface area contributed by atoms with Crippen molar-refractivity contribution < 1.29 is 9.47 Å². The Bertz CT molecular complexity index is 617. The molecule has 0 aliphatic carbocycles. The number of ether oxygens (including phenoxy) is 2. The molecule has 0 amide bonds. The van der Waals surface area contributed by atoms with Gasteiger partial charge in [0.15, 0.2) is 5.96 Å². The third-order valence-corrected chi connectivity index (χ3v) is 3.18. The summed E-state index contributed by atoms with van der Waals surface area (Å²) in [4.78, 5) is 12.7. The fraction of sp³-hybridized carbons (Fsp3) is 0.353. The smallest absolute Gasteiger partial charge is 0.213 e. The molecule has 0 bridgehead atoms. The lowest BCUT2D eigenvalue weighted by Gasteiger charge is -2.12. The highest BCUT2D eigenvalue weighted by atomic mass is 16.5. The summed E-state index contributed by atoms with van der Waals surface area (Å²) >= 11 is 0. The van der Waals surface area contributed by atoms with E-state index < -0.39 is 0 Å². The van der Waals surface area contributed by atoms with Crippen LogP contribution in [-0.2, 0) is 17.8 Å². The summed E-state index contributed by atoms with van der Waals surface area (Å²) in [6.45, 7) is 2.27. The van der Waals surface area contributed by atoms with Crippen molar-refractivity contribution in [3.63, 3.8) is 0 Å². The Morgan fingerprint density at radius 3 is 2.62 bits per heavy atom. The Kier molecular flexibility index (Phi) is 7.49. The van der Waals surface area contributed by atoms with Crippen LogP contribution in [0.2, 0.25) is 0 Å². The van der Waals surface area contributed by atoms with Crippen LogP contribution in [0.15, 0.2) is 47.7 Å². The molecular weight excluding hydrogens is 306 g/mol. The Morgan fingerprint density at radius 1 is 1.08 bits per heavy atom. The molecule has 0 fully saturated rings. The van der Waals surface area contributed by atoms with Gasteiger partial charge in [-0.3, -0.25) is 9.98 Å². The number of nitrogens with zero attached hydrogens (tertiary/aromatic N) is 3. The summed E-state index contributed by atoms with van der Waals surface area (Å²) in [5.41, 5.74) is 1.99. The maximum Gasteiger partial charge on any atom is 0.213 e. The van der Waals surface area contributed by atoms with E-state index in [9.17, 15) is 0 Å². The highest BCUT2D eigenvalue weighted by Gasteiger charge is 2.01. The average Bonchev–Trinajstić information content (AvgIpc) is 2.64. The normalized spacial score (nSPS) is 11.2. The second kappa shape index (κ2) is 10.2. The van der Waals surface area contributed by atoms with E-state index in [1.165, 1.54) is 0 Å².